The van der Waals surface area contributed by atoms with Crippen LogP contribution < -0.4 is 0 Å². The lowest BCUT2D eigenvalue weighted by molar-refractivity contribution is 0.0898. The largest absolute Gasteiger partial charge is 0.466 e. The van der Waals surface area contributed by atoms with Crippen LogP contribution in [0.1, 0.15) is 42.6 Å². The molecule has 0 bridgehead atoms. The summed E-state index contributed by atoms with van der Waals surface area (Å²) in [7, 11) is 0. The van der Waals surface area contributed by atoms with Gasteiger partial charge in [0.15, 0.2) is 5.78 Å². The fraction of sp³-hybridized carbons (Fsp3) is 0.583. The normalized spacial score (nSPS) is 13.3. The van der Waals surface area contributed by atoms with Crippen molar-refractivity contribution in [3.63, 3.8) is 0 Å². The van der Waals surface area contributed by atoms with Gasteiger partial charge in [0.2, 0.25) is 0 Å². The molecule has 1 heterocycles. The van der Waals surface area contributed by atoms with Crippen LogP contribution in [-0.2, 0) is 0 Å². The first-order valence-electron chi connectivity index (χ1n) is 5.04. The predicted molar refractivity (Wildman–Crippen MR) is 56.5 cm³/mol. The van der Waals surface area contributed by atoms with Gasteiger partial charge in [-0.2, -0.15) is 0 Å². The third-order valence-electron chi connectivity index (χ3n) is 2.72. The van der Waals surface area contributed by atoms with Gasteiger partial charge in [-0.25, -0.2) is 0 Å². The summed E-state index contributed by atoms with van der Waals surface area (Å²) in [5.74, 6) is 2.17. The average Bonchev–Trinajstić information content (AvgIpc) is 2.42. The Morgan fingerprint density at radius 1 is 1.29 bits per heavy atom. The zero-order valence-electron chi connectivity index (χ0n) is 9.55. The highest BCUT2D eigenvalue weighted by Crippen LogP contribution is 2.21. The minimum absolute atomic E-state index is 0.0608. The lowest BCUT2D eigenvalue weighted by atomic mass is 9.90. The Morgan fingerprint density at radius 3 is 2.21 bits per heavy atom. The fourth-order valence-corrected chi connectivity index (χ4v) is 1.42. The first-order chi connectivity index (χ1) is 6.43. The quantitative estimate of drug-likeness (QED) is 0.690. The molecular formula is C12H18O2. The average molecular weight is 194 g/mol. The van der Waals surface area contributed by atoms with Crippen molar-refractivity contribution in [1.29, 1.82) is 0 Å². The first kappa shape index (κ1) is 11.0. The Labute approximate surface area is 85.3 Å². The number of carbonyl (C=O) groups excluding carboxylic acids is 1. The monoisotopic (exact) mass is 194 g/mol. The molecule has 78 valence electrons. The van der Waals surface area contributed by atoms with Gasteiger partial charge in [0, 0.05) is 5.92 Å². The van der Waals surface area contributed by atoms with Crippen molar-refractivity contribution in [2.75, 3.05) is 0 Å². The Balaban J connectivity index is 2.95. The number of furan rings is 1. The maximum atomic E-state index is 12.0. The highest BCUT2D eigenvalue weighted by molar-refractivity contribution is 5.98. The van der Waals surface area contributed by atoms with Gasteiger partial charge < -0.3 is 4.42 Å². The summed E-state index contributed by atoms with van der Waals surface area (Å²) < 4.78 is 5.34. The molecule has 2 nitrogen and oxygen atoms in total. The van der Waals surface area contributed by atoms with Crippen LogP contribution in [0.3, 0.4) is 0 Å². The van der Waals surface area contributed by atoms with E-state index in [2.05, 4.69) is 13.8 Å². The van der Waals surface area contributed by atoms with E-state index in [-0.39, 0.29) is 11.7 Å². The van der Waals surface area contributed by atoms with Crippen molar-refractivity contribution in [3.8, 4) is 0 Å². The molecule has 2 heteroatoms. The molecule has 0 aliphatic rings. The predicted octanol–water partition coefficient (Wildman–Crippen LogP) is 3.37. The lowest BCUT2D eigenvalue weighted by Crippen LogP contribution is -2.17. The van der Waals surface area contributed by atoms with E-state index in [0.717, 1.165) is 17.1 Å². The molecule has 1 rings (SSSR count). The van der Waals surface area contributed by atoms with E-state index in [1.165, 1.54) is 0 Å². The van der Waals surface area contributed by atoms with E-state index in [1.807, 2.05) is 26.8 Å². The molecule has 0 N–H and O–H groups in total. The number of hydrogen-bond acceptors (Lipinski definition) is 2. The Hall–Kier alpha value is -1.05. The molecule has 0 saturated carbocycles. The molecule has 0 aliphatic carbocycles. The molecule has 0 amide bonds. The van der Waals surface area contributed by atoms with Crippen LogP contribution in [-0.4, -0.2) is 5.78 Å². The van der Waals surface area contributed by atoms with Crippen LogP contribution in [0.4, 0.5) is 0 Å². The van der Waals surface area contributed by atoms with Crippen molar-refractivity contribution in [2.24, 2.45) is 11.8 Å². The molecule has 0 spiro atoms. The van der Waals surface area contributed by atoms with Crippen LogP contribution >= 0.6 is 0 Å². The number of hydrogen-bond donors (Lipinski definition) is 0. The van der Waals surface area contributed by atoms with E-state index in [1.54, 1.807) is 0 Å². The summed E-state index contributed by atoms with van der Waals surface area (Å²) in [5, 5.41) is 0. The number of ketones is 1. The summed E-state index contributed by atoms with van der Waals surface area (Å²) in [5.41, 5.74) is 0.740. The van der Waals surface area contributed by atoms with E-state index < -0.39 is 0 Å². The van der Waals surface area contributed by atoms with Crippen LogP contribution in [0, 0.1) is 25.7 Å². The highest BCUT2D eigenvalue weighted by atomic mass is 16.3. The molecular weight excluding hydrogens is 176 g/mol. The van der Waals surface area contributed by atoms with Gasteiger partial charge in [-0.05, 0) is 25.8 Å². The van der Waals surface area contributed by atoms with Gasteiger partial charge in [0.25, 0.3) is 0 Å². The molecule has 14 heavy (non-hydrogen) atoms. The second-order valence-corrected chi connectivity index (χ2v) is 4.22. The highest BCUT2D eigenvalue weighted by Gasteiger charge is 2.21. The molecule has 1 aromatic rings. The zero-order chi connectivity index (χ0) is 10.9. The van der Waals surface area contributed by atoms with Crippen LogP contribution in [0.15, 0.2) is 10.5 Å². The van der Waals surface area contributed by atoms with Gasteiger partial charge >= 0.3 is 0 Å². The third kappa shape index (κ3) is 2.06. The van der Waals surface area contributed by atoms with Crippen LogP contribution in [0.5, 0.6) is 0 Å². The Bertz CT molecular complexity index is 334. The fourth-order valence-electron chi connectivity index (χ4n) is 1.42. The van der Waals surface area contributed by atoms with Gasteiger partial charge in [0.1, 0.15) is 11.5 Å². The molecule has 0 saturated heterocycles. The Kier molecular flexibility index (Phi) is 3.14. The van der Waals surface area contributed by atoms with Crippen molar-refractivity contribution >= 4 is 5.78 Å². The van der Waals surface area contributed by atoms with Gasteiger partial charge in [-0.15, -0.1) is 0 Å². The van der Waals surface area contributed by atoms with Gasteiger partial charge in [-0.3, -0.25) is 4.79 Å². The molecule has 0 fully saturated rings. The SMILES string of the molecule is Cc1cc(C(=O)C(C)C(C)C)c(C)o1. The number of aryl methyl sites for hydroxylation is 2. The van der Waals surface area contributed by atoms with Gasteiger partial charge in [-0.1, -0.05) is 20.8 Å². The third-order valence-corrected chi connectivity index (χ3v) is 2.72. The molecule has 0 radical (unpaired) electrons. The number of rotatable bonds is 3. The first-order valence-corrected chi connectivity index (χ1v) is 5.04. The maximum absolute atomic E-state index is 12.0. The molecule has 0 aromatic carbocycles. The number of Topliss-reactive ketones (excluding diaryl/α,β-unsaturated/α-hetero) is 1. The van der Waals surface area contributed by atoms with Crippen molar-refractivity contribution < 1.29 is 9.21 Å². The molecule has 0 aliphatic heterocycles. The maximum Gasteiger partial charge on any atom is 0.169 e. The van der Waals surface area contributed by atoms with E-state index in [0.29, 0.717) is 5.92 Å². The van der Waals surface area contributed by atoms with E-state index in [9.17, 15) is 4.79 Å². The van der Waals surface area contributed by atoms with E-state index in [4.69, 9.17) is 4.42 Å². The minimum atomic E-state index is 0.0608. The second kappa shape index (κ2) is 3.99. The van der Waals surface area contributed by atoms with Gasteiger partial charge in [0.05, 0.1) is 5.56 Å². The zero-order valence-corrected chi connectivity index (χ0v) is 9.55. The van der Waals surface area contributed by atoms with Crippen molar-refractivity contribution in [1.82, 2.24) is 0 Å². The topological polar surface area (TPSA) is 30.2 Å². The van der Waals surface area contributed by atoms with Crippen molar-refractivity contribution in [3.05, 3.63) is 23.2 Å². The summed E-state index contributed by atoms with van der Waals surface area (Å²) in [6, 6.07) is 1.83. The summed E-state index contributed by atoms with van der Waals surface area (Å²) >= 11 is 0. The minimum Gasteiger partial charge on any atom is -0.466 e. The van der Waals surface area contributed by atoms with Crippen molar-refractivity contribution in [2.45, 2.75) is 34.6 Å². The van der Waals surface area contributed by atoms with Crippen LogP contribution in [0.25, 0.3) is 0 Å². The van der Waals surface area contributed by atoms with E-state index >= 15 is 0 Å². The molecule has 1 unspecified atom stereocenters. The molecule has 1 aromatic heterocycles. The summed E-state index contributed by atoms with van der Waals surface area (Å²) in [4.78, 5) is 12.0. The summed E-state index contributed by atoms with van der Waals surface area (Å²) in [6.45, 7) is 9.79. The summed E-state index contributed by atoms with van der Waals surface area (Å²) in [6.07, 6.45) is 0. The van der Waals surface area contributed by atoms with Crippen LogP contribution in [0.2, 0.25) is 0 Å². The smallest absolute Gasteiger partial charge is 0.169 e. The molecule has 1 atom stereocenters. The number of carbonyl (C=O) groups is 1. The standard InChI is InChI=1S/C12H18O2/c1-7(2)9(4)12(13)11-6-8(3)14-10(11)5/h6-7,9H,1-5H3. The lowest BCUT2D eigenvalue weighted by Gasteiger charge is -2.12. The second-order valence-electron chi connectivity index (χ2n) is 4.22. The Morgan fingerprint density at radius 2 is 1.86 bits per heavy atom.